The molecule has 0 bridgehead atoms. The Hall–Kier alpha value is -1.88. The van der Waals surface area contributed by atoms with Crippen molar-refractivity contribution in [3.8, 4) is 0 Å². The smallest absolute Gasteiger partial charge is 0.334 e. The van der Waals surface area contributed by atoms with Crippen LogP contribution >= 0.6 is 0 Å². The quantitative estimate of drug-likeness (QED) is 0.698. The lowest BCUT2D eigenvalue weighted by Crippen LogP contribution is -2.47. The van der Waals surface area contributed by atoms with Gasteiger partial charge in [0.15, 0.2) is 6.10 Å². The highest BCUT2D eigenvalue weighted by Gasteiger charge is 2.26. The molecule has 0 fully saturated rings. The van der Waals surface area contributed by atoms with Gasteiger partial charge in [0, 0.05) is 6.92 Å². The number of aliphatic carboxylic acids is 1. The third kappa shape index (κ3) is 5.01. The number of amides is 1. The van der Waals surface area contributed by atoms with Gasteiger partial charge in [-0.2, -0.15) is 0 Å². The summed E-state index contributed by atoms with van der Waals surface area (Å²) in [5.41, 5.74) is 2.09. The molecule has 1 aromatic rings. The topological polar surface area (TPSA) is 86.6 Å². The molecule has 2 atom stereocenters. The van der Waals surface area contributed by atoms with Crippen LogP contribution in [0.15, 0.2) is 24.3 Å². The first-order valence-electron chi connectivity index (χ1n) is 6.69. The number of carboxylic acid groups (broad SMARTS) is 1. The van der Waals surface area contributed by atoms with E-state index in [2.05, 4.69) is 12.2 Å². The minimum absolute atomic E-state index is 0.277. The fourth-order valence-electron chi connectivity index (χ4n) is 2.06. The molecule has 5 nitrogen and oxygen atoms in total. The van der Waals surface area contributed by atoms with Crippen LogP contribution in [0.1, 0.15) is 31.4 Å². The van der Waals surface area contributed by atoms with E-state index in [1.165, 1.54) is 12.5 Å². The summed E-state index contributed by atoms with van der Waals surface area (Å²) in [5.74, 6) is -1.70. The van der Waals surface area contributed by atoms with Gasteiger partial charge in [0.25, 0.3) is 0 Å². The van der Waals surface area contributed by atoms with Crippen LogP contribution in [0.4, 0.5) is 0 Å². The average molecular weight is 279 g/mol. The maximum Gasteiger partial charge on any atom is 0.334 e. The Labute approximate surface area is 118 Å². The van der Waals surface area contributed by atoms with Gasteiger partial charge in [-0.15, -0.1) is 0 Å². The molecule has 5 heteroatoms. The van der Waals surface area contributed by atoms with Gasteiger partial charge in [-0.1, -0.05) is 37.6 Å². The van der Waals surface area contributed by atoms with Gasteiger partial charge in [0.2, 0.25) is 5.91 Å². The Morgan fingerprint density at radius 1 is 1.20 bits per heavy atom. The molecule has 0 radical (unpaired) electrons. The molecule has 20 heavy (non-hydrogen) atoms. The summed E-state index contributed by atoms with van der Waals surface area (Å²) in [6.45, 7) is 3.40. The number of carbonyl (C=O) groups excluding carboxylic acids is 1. The van der Waals surface area contributed by atoms with E-state index in [9.17, 15) is 14.7 Å². The maximum absolute atomic E-state index is 11.1. The lowest BCUT2D eigenvalue weighted by atomic mass is 9.99. The van der Waals surface area contributed by atoms with Gasteiger partial charge < -0.3 is 15.5 Å². The predicted molar refractivity (Wildman–Crippen MR) is 75.4 cm³/mol. The van der Waals surface area contributed by atoms with Crippen LogP contribution in [0, 0.1) is 0 Å². The number of rotatable bonds is 7. The van der Waals surface area contributed by atoms with Gasteiger partial charge in [0.1, 0.15) is 0 Å². The minimum atomic E-state index is -1.62. The molecule has 0 aliphatic rings. The SMILES string of the molecule is CCCc1ccc(CC(NC(C)=O)C(O)C(=O)O)cc1. The molecule has 2 unspecified atom stereocenters. The Balaban J connectivity index is 2.78. The molecule has 0 aliphatic carbocycles. The van der Waals surface area contributed by atoms with Crippen LogP contribution in [0.5, 0.6) is 0 Å². The zero-order valence-corrected chi connectivity index (χ0v) is 11.8. The number of aliphatic hydroxyl groups excluding tert-OH is 1. The first kappa shape index (κ1) is 16.2. The lowest BCUT2D eigenvalue weighted by molar-refractivity contribution is -0.148. The molecule has 0 saturated heterocycles. The Bertz CT molecular complexity index is 455. The Morgan fingerprint density at radius 2 is 1.75 bits per heavy atom. The van der Waals surface area contributed by atoms with E-state index < -0.39 is 18.1 Å². The minimum Gasteiger partial charge on any atom is -0.479 e. The van der Waals surface area contributed by atoms with Crippen molar-refractivity contribution in [2.75, 3.05) is 0 Å². The van der Waals surface area contributed by atoms with Gasteiger partial charge in [0.05, 0.1) is 6.04 Å². The summed E-state index contributed by atoms with van der Waals surface area (Å²) >= 11 is 0. The van der Waals surface area contributed by atoms with Gasteiger partial charge >= 0.3 is 5.97 Å². The van der Waals surface area contributed by atoms with Crippen molar-refractivity contribution >= 4 is 11.9 Å². The highest BCUT2D eigenvalue weighted by molar-refractivity contribution is 5.77. The highest BCUT2D eigenvalue weighted by atomic mass is 16.4. The first-order chi connectivity index (χ1) is 9.43. The second-order valence-corrected chi connectivity index (χ2v) is 4.86. The second kappa shape index (κ2) is 7.65. The van der Waals surface area contributed by atoms with Crippen molar-refractivity contribution < 1.29 is 19.8 Å². The van der Waals surface area contributed by atoms with E-state index in [1.807, 2.05) is 24.3 Å². The first-order valence-corrected chi connectivity index (χ1v) is 6.69. The molecule has 0 spiro atoms. The number of aryl methyl sites for hydroxylation is 1. The van der Waals surface area contributed by atoms with Crippen LogP contribution in [0.25, 0.3) is 0 Å². The molecule has 1 aromatic carbocycles. The molecular weight excluding hydrogens is 258 g/mol. The molecule has 0 heterocycles. The maximum atomic E-state index is 11.1. The summed E-state index contributed by atoms with van der Waals surface area (Å²) in [6.07, 6.45) is 0.715. The summed E-state index contributed by atoms with van der Waals surface area (Å²) in [4.78, 5) is 21.9. The number of carbonyl (C=O) groups is 2. The summed E-state index contributed by atoms with van der Waals surface area (Å²) in [5, 5.41) is 21.0. The molecule has 110 valence electrons. The predicted octanol–water partition coefficient (Wildman–Crippen LogP) is 1.13. The average Bonchev–Trinajstić information content (AvgIpc) is 2.39. The van der Waals surface area contributed by atoms with Crippen LogP contribution in [0.3, 0.4) is 0 Å². The molecule has 0 aliphatic heterocycles. The zero-order valence-electron chi connectivity index (χ0n) is 11.8. The Morgan fingerprint density at radius 3 is 2.20 bits per heavy atom. The molecule has 1 rings (SSSR count). The third-order valence-corrected chi connectivity index (χ3v) is 3.04. The summed E-state index contributed by atoms with van der Waals surface area (Å²) < 4.78 is 0. The Kier molecular flexibility index (Phi) is 6.18. The molecule has 1 amide bonds. The van der Waals surface area contributed by atoms with Crippen molar-refractivity contribution in [3.63, 3.8) is 0 Å². The van der Waals surface area contributed by atoms with E-state index in [4.69, 9.17) is 5.11 Å². The number of nitrogens with one attached hydrogen (secondary N) is 1. The van der Waals surface area contributed by atoms with Gasteiger partial charge in [-0.25, -0.2) is 4.79 Å². The largest absolute Gasteiger partial charge is 0.479 e. The van der Waals surface area contributed by atoms with Crippen LogP contribution in [0.2, 0.25) is 0 Å². The number of hydrogen-bond donors (Lipinski definition) is 3. The monoisotopic (exact) mass is 279 g/mol. The standard InChI is InChI=1S/C15H21NO4/c1-3-4-11-5-7-12(8-6-11)9-13(16-10(2)17)14(18)15(19)20/h5-8,13-14,18H,3-4,9H2,1-2H3,(H,16,17)(H,19,20). The van der Waals surface area contributed by atoms with Crippen LogP contribution < -0.4 is 5.32 Å². The van der Waals surface area contributed by atoms with Crippen LogP contribution in [-0.2, 0) is 22.4 Å². The number of benzene rings is 1. The van der Waals surface area contributed by atoms with Crippen molar-refractivity contribution in [1.29, 1.82) is 0 Å². The number of aliphatic hydroxyl groups is 1. The number of hydrogen-bond acceptors (Lipinski definition) is 3. The van der Waals surface area contributed by atoms with Gasteiger partial charge in [-0.05, 0) is 24.0 Å². The molecular formula is C15H21NO4. The van der Waals surface area contributed by atoms with E-state index >= 15 is 0 Å². The molecule has 0 aromatic heterocycles. The van der Waals surface area contributed by atoms with E-state index in [1.54, 1.807) is 0 Å². The van der Waals surface area contributed by atoms with Crippen LogP contribution in [-0.4, -0.2) is 34.2 Å². The molecule has 3 N–H and O–H groups in total. The second-order valence-electron chi connectivity index (χ2n) is 4.86. The molecule has 0 saturated carbocycles. The van der Waals surface area contributed by atoms with Crippen molar-refractivity contribution in [2.45, 2.75) is 45.3 Å². The number of carboxylic acids is 1. The summed E-state index contributed by atoms with van der Waals surface area (Å²) in [7, 11) is 0. The summed E-state index contributed by atoms with van der Waals surface area (Å²) in [6, 6.07) is 6.93. The normalized spacial score (nSPS) is 13.6. The zero-order chi connectivity index (χ0) is 15.1. The van der Waals surface area contributed by atoms with E-state index in [0.29, 0.717) is 0 Å². The van der Waals surface area contributed by atoms with Crippen molar-refractivity contribution in [2.24, 2.45) is 0 Å². The fourth-order valence-corrected chi connectivity index (χ4v) is 2.06. The fraction of sp³-hybridized carbons (Fsp3) is 0.467. The highest BCUT2D eigenvalue weighted by Crippen LogP contribution is 2.10. The van der Waals surface area contributed by atoms with Crippen molar-refractivity contribution in [1.82, 2.24) is 5.32 Å². The van der Waals surface area contributed by atoms with Crippen molar-refractivity contribution in [3.05, 3.63) is 35.4 Å². The third-order valence-electron chi connectivity index (χ3n) is 3.04. The lowest BCUT2D eigenvalue weighted by Gasteiger charge is -2.21. The van der Waals surface area contributed by atoms with E-state index in [0.717, 1.165) is 18.4 Å². The van der Waals surface area contributed by atoms with Gasteiger partial charge in [-0.3, -0.25) is 4.79 Å². The van der Waals surface area contributed by atoms with E-state index in [-0.39, 0.29) is 12.3 Å².